The van der Waals surface area contributed by atoms with Crippen LogP contribution in [-0.2, 0) is 9.59 Å². The maximum absolute atomic E-state index is 12.0. The number of ether oxygens (including phenoxy) is 1. The molecule has 1 fully saturated rings. The van der Waals surface area contributed by atoms with Crippen LogP contribution in [-0.4, -0.2) is 31.0 Å². The zero-order valence-corrected chi connectivity index (χ0v) is 12.7. The van der Waals surface area contributed by atoms with Gasteiger partial charge in [0.2, 0.25) is 11.8 Å². The Kier molecular flexibility index (Phi) is 5.05. The maximum Gasteiger partial charge on any atom is 0.316 e. The quantitative estimate of drug-likeness (QED) is 0.516. The van der Waals surface area contributed by atoms with E-state index in [0.29, 0.717) is 5.92 Å². The molecule has 0 aliphatic heterocycles. The fourth-order valence-corrected chi connectivity index (χ4v) is 2.31. The topological polar surface area (TPSA) is 137 Å². The number of nitrogens with two attached hydrogens (primary N) is 2. The molecule has 1 unspecified atom stereocenters. The number of amides is 4. The first-order valence-electron chi connectivity index (χ1n) is 7.22. The normalized spacial score (nSPS) is 14.9. The van der Waals surface area contributed by atoms with E-state index in [1.807, 2.05) is 12.1 Å². The fourth-order valence-electron chi connectivity index (χ4n) is 2.31. The predicted octanol–water partition coefficient (Wildman–Crippen LogP) is -0.215. The molecule has 8 nitrogen and oxygen atoms in total. The van der Waals surface area contributed by atoms with Crippen molar-refractivity contribution in [2.45, 2.75) is 24.9 Å². The molecule has 23 heavy (non-hydrogen) atoms. The second-order valence-electron chi connectivity index (χ2n) is 5.44. The molecule has 0 heterocycles. The summed E-state index contributed by atoms with van der Waals surface area (Å²) in [7, 11) is 1.58. The predicted molar refractivity (Wildman–Crippen MR) is 82.3 cm³/mol. The highest BCUT2D eigenvalue weighted by molar-refractivity contribution is 6.05. The smallest absolute Gasteiger partial charge is 0.316 e. The minimum Gasteiger partial charge on any atom is -0.497 e. The molecule has 4 amide bonds. The monoisotopic (exact) mass is 320 g/mol. The summed E-state index contributed by atoms with van der Waals surface area (Å²) in [5.41, 5.74) is 11.0. The van der Waals surface area contributed by atoms with Crippen LogP contribution in [0.25, 0.3) is 0 Å². The van der Waals surface area contributed by atoms with Crippen molar-refractivity contribution in [3.63, 3.8) is 0 Å². The molecule has 8 heteroatoms. The van der Waals surface area contributed by atoms with Crippen LogP contribution >= 0.6 is 0 Å². The van der Waals surface area contributed by atoms with Gasteiger partial charge in [-0.15, -0.1) is 0 Å². The van der Waals surface area contributed by atoms with Crippen LogP contribution < -0.4 is 26.8 Å². The Balaban J connectivity index is 2.05. The second kappa shape index (κ2) is 6.99. The summed E-state index contributed by atoms with van der Waals surface area (Å²) in [6.07, 6.45) is 1.98. The summed E-state index contributed by atoms with van der Waals surface area (Å²) < 4.78 is 5.11. The van der Waals surface area contributed by atoms with Crippen molar-refractivity contribution in [1.82, 2.24) is 10.6 Å². The molecule has 0 aromatic heterocycles. The second-order valence-corrected chi connectivity index (χ2v) is 5.44. The number of carbonyl (C=O) groups excluding carboxylic acids is 3. The molecule has 2 rings (SSSR count). The van der Waals surface area contributed by atoms with E-state index in [-0.39, 0.29) is 6.04 Å². The summed E-state index contributed by atoms with van der Waals surface area (Å²) in [5.74, 6) is -0.967. The number of hydrogen-bond acceptors (Lipinski definition) is 4. The maximum atomic E-state index is 12.0. The van der Waals surface area contributed by atoms with Crippen molar-refractivity contribution in [2.24, 2.45) is 17.4 Å². The van der Waals surface area contributed by atoms with Crippen molar-refractivity contribution in [2.75, 3.05) is 7.11 Å². The number of urea groups is 1. The third-order valence-corrected chi connectivity index (χ3v) is 3.70. The Morgan fingerprint density at radius 3 is 2.09 bits per heavy atom. The molecule has 0 saturated heterocycles. The summed E-state index contributed by atoms with van der Waals surface area (Å²) in [6, 6.07) is 4.91. The molecule has 1 aromatic carbocycles. The highest BCUT2D eigenvalue weighted by Gasteiger charge is 2.34. The third kappa shape index (κ3) is 4.35. The van der Waals surface area contributed by atoms with Crippen LogP contribution in [0.15, 0.2) is 24.3 Å². The van der Waals surface area contributed by atoms with Crippen LogP contribution in [0.2, 0.25) is 0 Å². The Labute approximate surface area is 133 Å². The number of rotatable bonds is 7. The first-order valence-corrected chi connectivity index (χ1v) is 7.22. The van der Waals surface area contributed by atoms with E-state index in [2.05, 4.69) is 10.6 Å². The van der Waals surface area contributed by atoms with E-state index in [4.69, 9.17) is 16.2 Å². The highest BCUT2D eigenvalue weighted by atomic mass is 16.5. The molecule has 1 saturated carbocycles. The first kappa shape index (κ1) is 16.6. The van der Waals surface area contributed by atoms with Gasteiger partial charge >= 0.3 is 6.03 Å². The zero-order chi connectivity index (χ0) is 17.0. The third-order valence-electron chi connectivity index (χ3n) is 3.70. The van der Waals surface area contributed by atoms with Gasteiger partial charge in [0, 0.05) is 0 Å². The Morgan fingerprint density at radius 2 is 1.65 bits per heavy atom. The lowest BCUT2D eigenvalue weighted by Gasteiger charge is -2.21. The van der Waals surface area contributed by atoms with Gasteiger partial charge in [-0.1, -0.05) is 12.1 Å². The summed E-state index contributed by atoms with van der Waals surface area (Å²) in [5, 5.41) is 4.96. The lowest BCUT2D eigenvalue weighted by molar-refractivity contribution is -0.128. The number of nitrogens with one attached hydrogen (secondary N) is 2. The van der Waals surface area contributed by atoms with Gasteiger partial charge in [-0.25, -0.2) is 4.79 Å². The number of carbonyl (C=O) groups is 3. The van der Waals surface area contributed by atoms with E-state index in [1.165, 1.54) is 0 Å². The average molecular weight is 320 g/mol. The van der Waals surface area contributed by atoms with Gasteiger partial charge in [-0.2, -0.15) is 0 Å². The fraction of sp³-hybridized carbons (Fsp3) is 0.400. The molecular weight excluding hydrogens is 300 g/mol. The Hall–Kier alpha value is -2.77. The molecular formula is C15H20N4O4. The van der Waals surface area contributed by atoms with E-state index in [9.17, 15) is 14.4 Å². The van der Waals surface area contributed by atoms with Crippen LogP contribution in [0.1, 0.15) is 24.4 Å². The lowest BCUT2D eigenvalue weighted by Crippen LogP contribution is -2.55. The summed E-state index contributed by atoms with van der Waals surface area (Å²) in [4.78, 5) is 34.3. The van der Waals surface area contributed by atoms with Gasteiger partial charge in [-0.3, -0.25) is 9.59 Å². The highest BCUT2D eigenvalue weighted by Crippen LogP contribution is 2.41. The zero-order valence-electron chi connectivity index (χ0n) is 12.7. The van der Waals surface area contributed by atoms with E-state index in [0.717, 1.165) is 24.2 Å². The van der Waals surface area contributed by atoms with Crippen LogP contribution in [0.5, 0.6) is 5.75 Å². The molecule has 1 aliphatic carbocycles. The molecule has 0 bridgehead atoms. The van der Waals surface area contributed by atoms with Gasteiger partial charge < -0.3 is 26.8 Å². The Bertz CT molecular complexity index is 584. The van der Waals surface area contributed by atoms with Gasteiger partial charge in [0.1, 0.15) is 5.75 Å². The molecule has 1 aliphatic rings. The number of benzene rings is 1. The molecule has 1 atom stereocenters. The Morgan fingerprint density at radius 1 is 1.09 bits per heavy atom. The summed E-state index contributed by atoms with van der Waals surface area (Å²) >= 11 is 0. The SMILES string of the molecule is COc1ccc(C(NC(=O)NC(C(N)=O)C(N)=O)C2CC2)cc1. The number of hydrogen-bond donors (Lipinski definition) is 4. The molecule has 0 radical (unpaired) electrons. The molecule has 0 spiro atoms. The van der Waals surface area contributed by atoms with Crippen LogP contribution in [0, 0.1) is 5.92 Å². The molecule has 1 aromatic rings. The first-order chi connectivity index (χ1) is 10.9. The summed E-state index contributed by atoms with van der Waals surface area (Å²) in [6.45, 7) is 0. The van der Waals surface area contributed by atoms with E-state index >= 15 is 0 Å². The van der Waals surface area contributed by atoms with Crippen molar-refractivity contribution < 1.29 is 19.1 Å². The van der Waals surface area contributed by atoms with Gasteiger partial charge in [0.05, 0.1) is 13.2 Å². The molecule has 124 valence electrons. The van der Waals surface area contributed by atoms with Gasteiger partial charge in [-0.05, 0) is 36.5 Å². The lowest BCUT2D eigenvalue weighted by atomic mass is 10.0. The van der Waals surface area contributed by atoms with Crippen LogP contribution in [0.3, 0.4) is 0 Å². The standard InChI is InChI=1S/C15H20N4O4/c1-23-10-6-4-9(5-7-10)11(8-2-3-8)18-15(22)19-12(13(16)20)14(17)21/h4-8,11-12H,2-3H2,1H3,(H2,16,20)(H2,17,21)(H2,18,19,22). The van der Waals surface area contributed by atoms with Gasteiger partial charge in [0.15, 0.2) is 6.04 Å². The number of primary amides is 2. The number of methoxy groups -OCH3 is 1. The van der Waals surface area contributed by atoms with Crippen molar-refractivity contribution in [3.8, 4) is 5.75 Å². The van der Waals surface area contributed by atoms with Crippen molar-refractivity contribution in [3.05, 3.63) is 29.8 Å². The van der Waals surface area contributed by atoms with E-state index < -0.39 is 23.9 Å². The average Bonchev–Trinajstić information content (AvgIpc) is 3.34. The van der Waals surface area contributed by atoms with Gasteiger partial charge in [0.25, 0.3) is 0 Å². The van der Waals surface area contributed by atoms with Crippen LogP contribution in [0.4, 0.5) is 4.79 Å². The van der Waals surface area contributed by atoms with E-state index in [1.54, 1.807) is 19.2 Å². The van der Waals surface area contributed by atoms with Crippen molar-refractivity contribution in [1.29, 1.82) is 0 Å². The largest absolute Gasteiger partial charge is 0.497 e. The minimum atomic E-state index is -1.54. The van der Waals surface area contributed by atoms with Crippen molar-refractivity contribution >= 4 is 17.8 Å². The minimum absolute atomic E-state index is 0.220. The molecule has 6 N–H and O–H groups in total.